The highest BCUT2D eigenvalue weighted by atomic mass is 16.5. The van der Waals surface area contributed by atoms with E-state index in [9.17, 15) is 9.59 Å². The Balaban J connectivity index is 2.11. The summed E-state index contributed by atoms with van der Waals surface area (Å²) in [6.45, 7) is 3.43. The second-order valence-electron chi connectivity index (χ2n) is 4.16. The zero-order chi connectivity index (χ0) is 13.4. The van der Waals surface area contributed by atoms with E-state index in [0.29, 0.717) is 17.1 Å². The SMILES string of the molecule is C=CC(=O)Oc1ccc2c3c(ccc2c1)OCC3=O. The third kappa shape index (κ3) is 1.87. The Morgan fingerprint density at radius 3 is 2.95 bits per heavy atom. The molecule has 0 saturated heterocycles. The summed E-state index contributed by atoms with van der Waals surface area (Å²) in [4.78, 5) is 22.9. The Hall–Kier alpha value is -2.62. The van der Waals surface area contributed by atoms with Crippen LogP contribution in [0.4, 0.5) is 0 Å². The lowest BCUT2D eigenvalue weighted by Crippen LogP contribution is -2.03. The lowest BCUT2D eigenvalue weighted by atomic mass is 10.0. The molecule has 19 heavy (non-hydrogen) atoms. The molecule has 0 amide bonds. The Kier molecular flexibility index (Phi) is 2.56. The molecule has 4 nitrogen and oxygen atoms in total. The van der Waals surface area contributed by atoms with Gasteiger partial charge < -0.3 is 9.47 Å². The van der Waals surface area contributed by atoms with Gasteiger partial charge in [-0.3, -0.25) is 4.79 Å². The van der Waals surface area contributed by atoms with E-state index in [1.54, 1.807) is 24.3 Å². The van der Waals surface area contributed by atoms with Gasteiger partial charge in [-0.25, -0.2) is 4.79 Å². The number of ketones is 1. The maximum Gasteiger partial charge on any atom is 0.335 e. The zero-order valence-electron chi connectivity index (χ0n) is 10.0. The normalized spacial score (nSPS) is 12.9. The fraction of sp³-hybridized carbons (Fsp3) is 0.0667. The number of rotatable bonds is 2. The first-order chi connectivity index (χ1) is 9.19. The van der Waals surface area contributed by atoms with Crippen LogP contribution >= 0.6 is 0 Å². The molecule has 0 atom stereocenters. The first-order valence-electron chi connectivity index (χ1n) is 5.76. The van der Waals surface area contributed by atoms with Gasteiger partial charge in [-0.15, -0.1) is 0 Å². The highest BCUT2D eigenvalue weighted by Crippen LogP contribution is 2.34. The van der Waals surface area contributed by atoms with E-state index in [0.717, 1.165) is 16.8 Å². The van der Waals surface area contributed by atoms with Crippen LogP contribution in [0, 0.1) is 0 Å². The van der Waals surface area contributed by atoms with Crippen LogP contribution in [0.15, 0.2) is 43.0 Å². The Morgan fingerprint density at radius 1 is 1.32 bits per heavy atom. The molecule has 0 radical (unpaired) electrons. The van der Waals surface area contributed by atoms with Crippen LogP contribution in [0.25, 0.3) is 10.8 Å². The van der Waals surface area contributed by atoms with E-state index in [1.807, 2.05) is 6.07 Å². The second-order valence-corrected chi connectivity index (χ2v) is 4.16. The van der Waals surface area contributed by atoms with Crippen LogP contribution in [0.1, 0.15) is 10.4 Å². The van der Waals surface area contributed by atoms with E-state index >= 15 is 0 Å². The van der Waals surface area contributed by atoms with E-state index in [4.69, 9.17) is 9.47 Å². The monoisotopic (exact) mass is 254 g/mol. The number of carbonyl (C=O) groups is 2. The molecule has 0 aromatic heterocycles. The van der Waals surface area contributed by atoms with Crippen LogP contribution in [0.5, 0.6) is 11.5 Å². The van der Waals surface area contributed by atoms with Crippen molar-refractivity contribution in [2.45, 2.75) is 0 Å². The van der Waals surface area contributed by atoms with E-state index in [1.165, 1.54) is 0 Å². The van der Waals surface area contributed by atoms with Crippen LogP contribution in [-0.2, 0) is 4.79 Å². The fourth-order valence-electron chi connectivity index (χ4n) is 2.13. The number of fused-ring (bicyclic) bond motifs is 3. The fourth-order valence-corrected chi connectivity index (χ4v) is 2.13. The lowest BCUT2D eigenvalue weighted by molar-refractivity contribution is -0.128. The number of Topliss-reactive ketones (excluding diaryl/α,β-unsaturated/α-hetero) is 1. The van der Waals surface area contributed by atoms with Crippen molar-refractivity contribution in [3.63, 3.8) is 0 Å². The Labute approximate surface area is 109 Å². The molecule has 1 aliphatic heterocycles. The zero-order valence-corrected chi connectivity index (χ0v) is 10.0. The van der Waals surface area contributed by atoms with Gasteiger partial charge in [0.25, 0.3) is 0 Å². The number of carbonyl (C=O) groups excluding carboxylic acids is 2. The van der Waals surface area contributed by atoms with Crippen LogP contribution in [-0.4, -0.2) is 18.4 Å². The van der Waals surface area contributed by atoms with Crippen molar-refractivity contribution in [2.24, 2.45) is 0 Å². The van der Waals surface area contributed by atoms with Crippen molar-refractivity contribution < 1.29 is 19.1 Å². The first kappa shape index (κ1) is 11.5. The summed E-state index contributed by atoms with van der Waals surface area (Å²) in [6.07, 6.45) is 1.10. The minimum Gasteiger partial charge on any atom is -0.485 e. The lowest BCUT2D eigenvalue weighted by Gasteiger charge is -2.06. The summed E-state index contributed by atoms with van der Waals surface area (Å²) >= 11 is 0. The molecule has 3 rings (SSSR count). The summed E-state index contributed by atoms with van der Waals surface area (Å²) in [5.41, 5.74) is 0.596. The molecule has 0 fully saturated rings. The van der Waals surface area contributed by atoms with Crippen molar-refractivity contribution in [3.05, 3.63) is 48.6 Å². The van der Waals surface area contributed by atoms with Gasteiger partial charge in [0, 0.05) is 6.08 Å². The molecule has 1 aliphatic rings. The molecular weight excluding hydrogens is 244 g/mol. The van der Waals surface area contributed by atoms with Crippen molar-refractivity contribution in [1.29, 1.82) is 0 Å². The van der Waals surface area contributed by atoms with Crippen molar-refractivity contribution >= 4 is 22.5 Å². The minimum atomic E-state index is -0.514. The molecular formula is C15H10O4. The molecule has 94 valence electrons. The average molecular weight is 254 g/mol. The Morgan fingerprint density at radius 2 is 2.16 bits per heavy atom. The molecule has 0 unspecified atom stereocenters. The predicted molar refractivity (Wildman–Crippen MR) is 69.6 cm³/mol. The van der Waals surface area contributed by atoms with E-state index in [2.05, 4.69) is 6.58 Å². The molecule has 0 saturated carbocycles. The van der Waals surface area contributed by atoms with Gasteiger partial charge in [0.15, 0.2) is 6.61 Å². The number of hydrogen-bond acceptors (Lipinski definition) is 4. The van der Waals surface area contributed by atoms with Gasteiger partial charge in [-0.05, 0) is 35.0 Å². The molecule has 2 aromatic carbocycles. The Bertz CT molecular complexity index is 715. The number of esters is 1. The van der Waals surface area contributed by atoms with Gasteiger partial charge >= 0.3 is 5.97 Å². The number of benzene rings is 2. The minimum absolute atomic E-state index is 0.0311. The molecule has 0 spiro atoms. The van der Waals surface area contributed by atoms with E-state index in [-0.39, 0.29) is 12.4 Å². The molecule has 0 bridgehead atoms. The standard InChI is InChI=1S/C15H10O4/c1-2-14(17)19-10-4-5-11-9(7-10)3-6-13-15(11)12(16)8-18-13/h2-7H,1,8H2. The van der Waals surface area contributed by atoms with Crippen LogP contribution in [0.3, 0.4) is 0 Å². The highest BCUT2D eigenvalue weighted by Gasteiger charge is 2.23. The highest BCUT2D eigenvalue weighted by molar-refractivity contribution is 6.13. The third-order valence-electron chi connectivity index (χ3n) is 2.98. The van der Waals surface area contributed by atoms with Crippen molar-refractivity contribution in [2.75, 3.05) is 6.61 Å². The molecule has 0 aliphatic carbocycles. The van der Waals surface area contributed by atoms with Gasteiger partial charge in [-0.2, -0.15) is 0 Å². The van der Waals surface area contributed by atoms with Gasteiger partial charge in [0.1, 0.15) is 11.5 Å². The summed E-state index contributed by atoms with van der Waals surface area (Å²) in [7, 11) is 0. The second kappa shape index (κ2) is 4.24. The number of ether oxygens (including phenoxy) is 2. The topological polar surface area (TPSA) is 52.6 Å². The summed E-state index contributed by atoms with van der Waals surface area (Å²) in [5, 5.41) is 1.63. The third-order valence-corrected chi connectivity index (χ3v) is 2.98. The molecule has 0 N–H and O–H groups in total. The first-order valence-corrected chi connectivity index (χ1v) is 5.76. The average Bonchev–Trinajstić information content (AvgIpc) is 2.80. The molecule has 2 aromatic rings. The molecule has 4 heteroatoms. The largest absolute Gasteiger partial charge is 0.485 e. The summed E-state index contributed by atoms with van der Waals surface area (Å²) in [6, 6.07) is 8.70. The predicted octanol–water partition coefficient (Wildman–Crippen LogP) is 2.51. The molecule has 1 heterocycles. The van der Waals surface area contributed by atoms with Gasteiger partial charge in [0.05, 0.1) is 5.56 Å². The van der Waals surface area contributed by atoms with Crippen molar-refractivity contribution in [1.82, 2.24) is 0 Å². The van der Waals surface area contributed by atoms with Crippen LogP contribution < -0.4 is 9.47 Å². The smallest absolute Gasteiger partial charge is 0.335 e. The van der Waals surface area contributed by atoms with E-state index < -0.39 is 5.97 Å². The number of hydrogen-bond donors (Lipinski definition) is 0. The quantitative estimate of drug-likeness (QED) is 0.469. The maximum atomic E-state index is 11.8. The van der Waals surface area contributed by atoms with Gasteiger partial charge in [-0.1, -0.05) is 12.6 Å². The van der Waals surface area contributed by atoms with Crippen molar-refractivity contribution in [3.8, 4) is 11.5 Å². The van der Waals surface area contributed by atoms with Gasteiger partial charge in [0.2, 0.25) is 5.78 Å². The summed E-state index contributed by atoms with van der Waals surface area (Å²) in [5.74, 6) is 0.480. The van der Waals surface area contributed by atoms with Crippen LogP contribution in [0.2, 0.25) is 0 Å². The summed E-state index contributed by atoms with van der Waals surface area (Å²) < 4.78 is 10.3. The maximum absolute atomic E-state index is 11.8.